The number of rotatable bonds is 4. The molecule has 1 amide bonds. The quantitative estimate of drug-likeness (QED) is 0.897. The van der Waals surface area contributed by atoms with E-state index in [0.29, 0.717) is 24.4 Å². The number of benzene rings is 1. The number of carbonyl (C=O) groups is 1. The van der Waals surface area contributed by atoms with E-state index in [1.54, 1.807) is 6.07 Å². The van der Waals surface area contributed by atoms with Crippen LogP contribution in [0, 0.1) is 5.92 Å². The Morgan fingerprint density at radius 2 is 2.00 bits per heavy atom. The van der Waals surface area contributed by atoms with E-state index in [-0.39, 0.29) is 18.0 Å². The lowest BCUT2D eigenvalue weighted by atomic mass is 9.98. The molecule has 3 rings (SSSR count). The Balaban J connectivity index is 1.82. The van der Waals surface area contributed by atoms with E-state index < -0.39 is 11.7 Å². The Labute approximate surface area is 120 Å². The summed E-state index contributed by atoms with van der Waals surface area (Å²) in [5.41, 5.74) is -0.0182. The molecule has 2 fully saturated rings. The van der Waals surface area contributed by atoms with E-state index in [0.717, 1.165) is 18.9 Å². The molecule has 3 nitrogen and oxygen atoms in total. The number of carbonyl (C=O) groups excluding carboxylic acids is 1. The average Bonchev–Trinajstić information content (AvgIpc) is 3.19. The van der Waals surface area contributed by atoms with Crippen LogP contribution in [-0.4, -0.2) is 18.5 Å². The summed E-state index contributed by atoms with van der Waals surface area (Å²) in [6.45, 7) is 0.622. The highest BCUT2D eigenvalue weighted by Crippen LogP contribution is 2.42. The molecule has 1 aliphatic carbocycles. The van der Waals surface area contributed by atoms with Gasteiger partial charge in [0.05, 0.1) is 11.6 Å². The molecule has 0 aromatic heterocycles. The van der Waals surface area contributed by atoms with Crippen LogP contribution in [0.15, 0.2) is 24.3 Å². The van der Waals surface area contributed by atoms with E-state index in [9.17, 15) is 18.0 Å². The second-order valence-electron chi connectivity index (χ2n) is 5.74. The minimum atomic E-state index is -4.34. The lowest BCUT2D eigenvalue weighted by Gasteiger charge is -2.23. The summed E-state index contributed by atoms with van der Waals surface area (Å²) in [7, 11) is 0. The molecule has 2 atom stereocenters. The van der Waals surface area contributed by atoms with Crippen LogP contribution in [0.2, 0.25) is 0 Å². The van der Waals surface area contributed by atoms with Gasteiger partial charge in [-0.05, 0) is 42.9 Å². The largest absolute Gasteiger partial charge is 0.416 e. The first-order chi connectivity index (χ1) is 9.95. The van der Waals surface area contributed by atoms with Gasteiger partial charge in [-0.2, -0.15) is 13.2 Å². The lowest BCUT2D eigenvalue weighted by Crippen LogP contribution is -2.39. The summed E-state index contributed by atoms with van der Waals surface area (Å²) < 4.78 is 38.5. The number of amides is 1. The molecule has 2 N–H and O–H groups in total. The van der Waals surface area contributed by atoms with Crippen LogP contribution in [0.3, 0.4) is 0 Å². The number of nitrogens with one attached hydrogen (secondary N) is 2. The molecule has 1 aromatic rings. The summed E-state index contributed by atoms with van der Waals surface area (Å²) in [5.74, 6) is 0.259. The van der Waals surface area contributed by atoms with Crippen LogP contribution < -0.4 is 10.6 Å². The second kappa shape index (κ2) is 5.33. The second-order valence-corrected chi connectivity index (χ2v) is 5.74. The topological polar surface area (TPSA) is 41.1 Å². The molecule has 1 aliphatic heterocycles. The Hall–Kier alpha value is -1.56. The van der Waals surface area contributed by atoms with Gasteiger partial charge in [-0.15, -0.1) is 0 Å². The first-order valence-corrected chi connectivity index (χ1v) is 7.16. The summed E-state index contributed by atoms with van der Waals surface area (Å²) >= 11 is 0. The van der Waals surface area contributed by atoms with Crippen molar-refractivity contribution in [2.45, 2.75) is 37.5 Å². The predicted molar refractivity (Wildman–Crippen MR) is 71.5 cm³/mol. The third-order valence-corrected chi connectivity index (χ3v) is 4.10. The third-order valence-electron chi connectivity index (χ3n) is 4.10. The predicted octanol–water partition coefficient (Wildman–Crippen LogP) is 2.63. The molecule has 0 radical (unpaired) electrons. The molecule has 2 aliphatic rings. The molecule has 1 heterocycles. The molecule has 0 spiro atoms. The Bertz CT molecular complexity index is 540. The van der Waals surface area contributed by atoms with Crippen molar-refractivity contribution in [1.82, 2.24) is 10.6 Å². The molecule has 6 heteroatoms. The maximum Gasteiger partial charge on any atom is 0.416 e. The number of alkyl halides is 3. The van der Waals surface area contributed by atoms with Crippen molar-refractivity contribution < 1.29 is 18.0 Å². The molecular formula is C15H17F3N2O. The Kier molecular flexibility index (Phi) is 3.65. The highest BCUT2D eigenvalue weighted by atomic mass is 19.4. The highest BCUT2D eigenvalue weighted by Gasteiger charge is 2.37. The fourth-order valence-electron chi connectivity index (χ4n) is 2.81. The minimum absolute atomic E-state index is 0.0624. The van der Waals surface area contributed by atoms with E-state index in [1.165, 1.54) is 12.1 Å². The SMILES string of the molecule is O=C1NCC[C@H]1N[C@H](c1cccc(C(F)(F)F)c1)C1CC1. The first-order valence-electron chi connectivity index (χ1n) is 7.16. The molecule has 0 unspecified atom stereocenters. The van der Waals surface area contributed by atoms with Crippen molar-refractivity contribution >= 4 is 5.91 Å². The van der Waals surface area contributed by atoms with Gasteiger partial charge in [-0.3, -0.25) is 10.1 Å². The maximum atomic E-state index is 12.8. The van der Waals surface area contributed by atoms with Gasteiger partial charge in [-0.25, -0.2) is 0 Å². The Morgan fingerprint density at radius 1 is 1.24 bits per heavy atom. The van der Waals surface area contributed by atoms with Crippen LogP contribution in [0.4, 0.5) is 13.2 Å². The summed E-state index contributed by atoms with van der Waals surface area (Å²) in [4.78, 5) is 11.7. The van der Waals surface area contributed by atoms with Gasteiger partial charge in [0, 0.05) is 12.6 Å². The highest BCUT2D eigenvalue weighted by molar-refractivity contribution is 5.83. The van der Waals surface area contributed by atoms with Gasteiger partial charge in [0.25, 0.3) is 0 Å². The van der Waals surface area contributed by atoms with Gasteiger partial charge in [0.2, 0.25) is 5.91 Å². The standard InChI is InChI=1S/C15H17F3N2O/c16-15(17,18)11-3-1-2-10(8-11)13(9-4-5-9)20-12-6-7-19-14(12)21/h1-3,8-9,12-13,20H,4-7H2,(H,19,21)/t12-,13+/m1/s1. The third kappa shape index (κ3) is 3.20. The molecule has 1 aromatic carbocycles. The van der Waals surface area contributed by atoms with Gasteiger partial charge >= 0.3 is 6.18 Å². The molecule has 114 valence electrons. The van der Waals surface area contributed by atoms with E-state index in [4.69, 9.17) is 0 Å². The van der Waals surface area contributed by atoms with Crippen LogP contribution >= 0.6 is 0 Å². The van der Waals surface area contributed by atoms with E-state index in [1.807, 2.05) is 0 Å². The van der Waals surface area contributed by atoms with Gasteiger partial charge in [0.1, 0.15) is 0 Å². The zero-order chi connectivity index (χ0) is 15.0. The van der Waals surface area contributed by atoms with E-state index in [2.05, 4.69) is 10.6 Å². The lowest BCUT2D eigenvalue weighted by molar-refractivity contribution is -0.137. The van der Waals surface area contributed by atoms with Crippen molar-refractivity contribution in [1.29, 1.82) is 0 Å². The van der Waals surface area contributed by atoms with Crippen LogP contribution in [0.1, 0.15) is 36.4 Å². The smallest absolute Gasteiger partial charge is 0.355 e. The van der Waals surface area contributed by atoms with Crippen molar-refractivity contribution in [3.8, 4) is 0 Å². The first kappa shape index (κ1) is 14.4. The fourth-order valence-corrected chi connectivity index (χ4v) is 2.81. The van der Waals surface area contributed by atoms with Crippen molar-refractivity contribution in [3.63, 3.8) is 0 Å². The summed E-state index contributed by atoms with van der Waals surface area (Å²) in [6, 6.07) is 4.94. The summed E-state index contributed by atoms with van der Waals surface area (Å²) in [6.07, 6.45) is -1.68. The van der Waals surface area contributed by atoms with Crippen molar-refractivity contribution in [2.24, 2.45) is 5.92 Å². The number of halogens is 3. The minimum Gasteiger partial charge on any atom is -0.355 e. The monoisotopic (exact) mass is 298 g/mol. The number of hydrogen-bond acceptors (Lipinski definition) is 2. The molecule has 0 bridgehead atoms. The molecular weight excluding hydrogens is 281 g/mol. The van der Waals surface area contributed by atoms with Gasteiger partial charge in [0.15, 0.2) is 0 Å². The van der Waals surface area contributed by atoms with Crippen LogP contribution in [0.5, 0.6) is 0 Å². The normalized spacial score (nSPS) is 24.0. The van der Waals surface area contributed by atoms with Crippen molar-refractivity contribution in [3.05, 3.63) is 35.4 Å². The Morgan fingerprint density at radius 3 is 2.57 bits per heavy atom. The zero-order valence-electron chi connectivity index (χ0n) is 11.4. The van der Waals surface area contributed by atoms with Crippen LogP contribution in [-0.2, 0) is 11.0 Å². The number of hydrogen-bond donors (Lipinski definition) is 2. The van der Waals surface area contributed by atoms with E-state index >= 15 is 0 Å². The van der Waals surface area contributed by atoms with Crippen LogP contribution in [0.25, 0.3) is 0 Å². The van der Waals surface area contributed by atoms with Gasteiger partial charge < -0.3 is 5.32 Å². The van der Waals surface area contributed by atoms with Gasteiger partial charge in [-0.1, -0.05) is 12.1 Å². The van der Waals surface area contributed by atoms with Crippen molar-refractivity contribution in [2.75, 3.05) is 6.54 Å². The average molecular weight is 298 g/mol. The molecule has 1 saturated carbocycles. The zero-order valence-corrected chi connectivity index (χ0v) is 11.4. The maximum absolute atomic E-state index is 12.8. The molecule has 1 saturated heterocycles. The summed E-state index contributed by atoms with van der Waals surface area (Å²) in [5, 5.41) is 5.98. The fraction of sp³-hybridized carbons (Fsp3) is 0.533. The molecule has 21 heavy (non-hydrogen) atoms.